The van der Waals surface area contributed by atoms with E-state index >= 15 is 0 Å². The van der Waals surface area contributed by atoms with Crippen molar-refractivity contribution in [3.05, 3.63) is 24.0 Å². The first-order valence-electron chi connectivity index (χ1n) is 5.93. The number of nitrogens with zero attached hydrogens (tertiary/aromatic N) is 2. The molecule has 2 fully saturated rings. The van der Waals surface area contributed by atoms with Gasteiger partial charge in [-0.1, -0.05) is 0 Å². The molecule has 0 radical (unpaired) electrons. The number of hydrogen-bond donors (Lipinski definition) is 1. The third-order valence-electron chi connectivity index (χ3n) is 4.00. The second kappa shape index (κ2) is 3.71. The summed E-state index contributed by atoms with van der Waals surface area (Å²) in [5, 5.41) is 12.9. The summed E-state index contributed by atoms with van der Waals surface area (Å²) in [5.74, 6) is 1.07. The summed E-state index contributed by atoms with van der Waals surface area (Å²) in [6.45, 7) is 0.868. The van der Waals surface area contributed by atoms with Gasteiger partial charge in [0.15, 0.2) is 0 Å². The van der Waals surface area contributed by atoms with Gasteiger partial charge in [0.25, 0.3) is 0 Å². The summed E-state index contributed by atoms with van der Waals surface area (Å²) in [6, 6.07) is 4.46. The summed E-state index contributed by atoms with van der Waals surface area (Å²) in [6.07, 6.45) is 5.79. The normalized spacial score (nSPS) is 28.9. The van der Waals surface area contributed by atoms with Crippen LogP contribution in [-0.4, -0.2) is 24.2 Å². The van der Waals surface area contributed by atoms with Crippen LogP contribution in [0.3, 0.4) is 0 Å². The zero-order valence-corrected chi connectivity index (χ0v) is 9.81. The lowest BCUT2D eigenvalue weighted by Crippen LogP contribution is -2.28. The molecule has 0 aromatic carbocycles. The van der Waals surface area contributed by atoms with Crippen LogP contribution in [0.5, 0.6) is 5.75 Å². The smallest absolute Gasteiger partial charge is 0.137 e. The van der Waals surface area contributed by atoms with E-state index in [0.29, 0.717) is 0 Å². The molecule has 1 aromatic rings. The van der Waals surface area contributed by atoms with Crippen LogP contribution in [0.1, 0.15) is 24.3 Å². The second-order valence-corrected chi connectivity index (χ2v) is 4.91. The molecule has 2 aliphatic rings. The van der Waals surface area contributed by atoms with E-state index in [1.807, 2.05) is 12.3 Å². The molecule has 1 saturated heterocycles. The van der Waals surface area contributed by atoms with E-state index < -0.39 is 0 Å². The second-order valence-electron chi connectivity index (χ2n) is 4.91. The Labute approximate surface area is 101 Å². The highest BCUT2D eigenvalue weighted by atomic mass is 16.5. The fourth-order valence-electron chi connectivity index (χ4n) is 2.82. The fraction of sp³-hybridized carbons (Fsp3) is 0.538. The van der Waals surface area contributed by atoms with Crippen LogP contribution in [0, 0.1) is 17.2 Å². The van der Waals surface area contributed by atoms with Crippen molar-refractivity contribution in [3.8, 4) is 11.8 Å². The summed E-state index contributed by atoms with van der Waals surface area (Å²) in [5.41, 5.74) is 1.20. The summed E-state index contributed by atoms with van der Waals surface area (Å²) < 4.78 is 5.19. The van der Waals surface area contributed by atoms with Gasteiger partial charge in [-0.15, -0.1) is 0 Å². The van der Waals surface area contributed by atoms with Crippen molar-refractivity contribution in [2.24, 2.45) is 5.92 Å². The van der Waals surface area contributed by atoms with Crippen LogP contribution >= 0.6 is 0 Å². The molecule has 2 unspecified atom stereocenters. The maximum atomic E-state index is 9.36. The van der Waals surface area contributed by atoms with Gasteiger partial charge in [-0.25, -0.2) is 0 Å². The Morgan fingerprint density at radius 2 is 2.35 bits per heavy atom. The largest absolute Gasteiger partial charge is 0.495 e. The summed E-state index contributed by atoms with van der Waals surface area (Å²) >= 11 is 0. The molecule has 0 bridgehead atoms. The molecule has 2 heterocycles. The number of hydrogen-bond acceptors (Lipinski definition) is 4. The van der Waals surface area contributed by atoms with Crippen molar-refractivity contribution < 1.29 is 4.74 Å². The van der Waals surface area contributed by atoms with Crippen LogP contribution < -0.4 is 10.1 Å². The number of methoxy groups -OCH3 is 1. The van der Waals surface area contributed by atoms with E-state index in [9.17, 15) is 5.26 Å². The van der Waals surface area contributed by atoms with Gasteiger partial charge < -0.3 is 10.1 Å². The van der Waals surface area contributed by atoms with E-state index in [-0.39, 0.29) is 17.4 Å². The Hall–Kier alpha value is -1.60. The lowest BCUT2D eigenvalue weighted by molar-refractivity contribution is 0.411. The Morgan fingerprint density at radius 3 is 3.00 bits per heavy atom. The van der Waals surface area contributed by atoms with E-state index in [1.165, 1.54) is 0 Å². The monoisotopic (exact) mass is 229 g/mol. The number of nitrogens with one attached hydrogen (secondary N) is 1. The molecule has 1 saturated carbocycles. The molecular formula is C13H15N3O. The molecule has 1 aliphatic carbocycles. The maximum absolute atomic E-state index is 9.36. The lowest BCUT2D eigenvalue weighted by Gasteiger charge is -2.16. The first kappa shape index (κ1) is 10.5. The van der Waals surface area contributed by atoms with Gasteiger partial charge in [0, 0.05) is 24.2 Å². The van der Waals surface area contributed by atoms with Gasteiger partial charge in [0.05, 0.1) is 25.3 Å². The highest BCUT2D eigenvalue weighted by Gasteiger charge is 2.56. The van der Waals surface area contributed by atoms with Crippen LogP contribution in [0.25, 0.3) is 0 Å². The molecule has 4 nitrogen and oxygen atoms in total. The van der Waals surface area contributed by atoms with Crippen molar-refractivity contribution in [2.75, 3.05) is 13.7 Å². The average molecular weight is 229 g/mol. The number of nitriles is 1. The topological polar surface area (TPSA) is 57.9 Å². The molecular weight excluding hydrogens is 214 g/mol. The molecule has 17 heavy (non-hydrogen) atoms. The number of ether oxygens (including phenoxy) is 1. The number of aromatic nitrogens is 1. The Balaban J connectivity index is 1.91. The molecule has 1 aliphatic heterocycles. The van der Waals surface area contributed by atoms with Crippen molar-refractivity contribution in [2.45, 2.75) is 24.3 Å². The van der Waals surface area contributed by atoms with Gasteiger partial charge in [-0.2, -0.15) is 5.26 Å². The van der Waals surface area contributed by atoms with E-state index in [1.54, 1.807) is 13.3 Å². The van der Waals surface area contributed by atoms with Gasteiger partial charge >= 0.3 is 0 Å². The average Bonchev–Trinajstić information content (AvgIpc) is 3.04. The molecule has 2 atom stereocenters. The van der Waals surface area contributed by atoms with E-state index in [4.69, 9.17) is 4.74 Å². The highest BCUT2D eigenvalue weighted by molar-refractivity contribution is 5.33. The zero-order chi connectivity index (χ0) is 11.9. The van der Waals surface area contributed by atoms with Gasteiger partial charge in [0.1, 0.15) is 5.75 Å². The molecule has 1 N–H and O–H groups in total. The van der Waals surface area contributed by atoms with Gasteiger partial charge in [-0.3, -0.25) is 4.98 Å². The first-order chi connectivity index (χ1) is 8.29. The lowest BCUT2D eigenvalue weighted by atomic mass is 9.85. The van der Waals surface area contributed by atoms with Crippen LogP contribution in [0.15, 0.2) is 18.5 Å². The van der Waals surface area contributed by atoms with Gasteiger partial charge in [0.2, 0.25) is 0 Å². The van der Waals surface area contributed by atoms with E-state index in [2.05, 4.69) is 16.4 Å². The first-order valence-corrected chi connectivity index (χ1v) is 5.93. The van der Waals surface area contributed by atoms with Crippen LogP contribution in [0.4, 0.5) is 0 Å². The molecule has 88 valence electrons. The minimum absolute atomic E-state index is 0.0661. The molecule has 0 amide bonds. The summed E-state index contributed by atoms with van der Waals surface area (Å²) in [4.78, 5) is 4.17. The van der Waals surface area contributed by atoms with Crippen molar-refractivity contribution in [1.82, 2.24) is 10.3 Å². The van der Waals surface area contributed by atoms with Crippen LogP contribution in [-0.2, 0) is 0 Å². The highest BCUT2D eigenvalue weighted by Crippen LogP contribution is 2.51. The number of rotatable bonds is 2. The third kappa shape index (κ3) is 1.58. The van der Waals surface area contributed by atoms with E-state index in [0.717, 1.165) is 30.7 Å². The predicted octanol–water partition coefficient (Wildman–Crippen LogP) is 1.45. The minimum atomic E-state index is 0.0661. The minimum Gasteiger partial charge on any atom is -0.495 e. The molecule has 1 spiro atoms. The van der Waals surface area contributed by atoms with Crippen molar-refractivity contribution in [3.63, 3.8) is 0 Å². The van der Waals surface area contributed by atoms with Crippen molar-refractivity contribution >= 4 is 0 Å². The predicted molar refractivity (Wildman–Crippen MR) is 62.6 cm³/mol. The Morgan fingerprint density at radius 1 is 1.53 bits per heavy atom. The van der Waals surface area contributed by atoms with Crippen LogP contribution in [0.2, 0.25) is 0 Å². The van der Waals surface area contributed by atoms with Crippen molar-refractivity contribution in [1.29, 1.82) is 5.26 Å². The summed E-state index contributed by atoms with van der Waals surface area (Å²) in [7, 11) is 1.64. The number of pyridine rings is 1. The maximum Gasteiger partial charge on any atom is 0.137 e. The SMILES string of the molecule is COc1cncc(C2CNC3(CC3)C2C#N)c1. The zero-order valence-electron chi connectivity index (χ0n) is 9.81. The fourth-order valence-corrected chi connectivity index (χ4v) is 2.82. The Kier molecular flexibility index (Phi) is 2.30. The third-order valence-corrected chi connectivity index (χ3v) is 4.00. The standard InChI is InChI=1S/C13H15N3O/c1-17-10-4-9(6-15-7-10)11-8-16-13(2-3-13)12(11)5-14/h4,6-7,11-12,16H,2-3,8H2,1H3. The molecule has 3 rings (SSSR count). The molecule has 4 heteroatoms. The quantitative estimate of drug-likeness (QED) is 0.834. The Bertz CT molecular complexity index is 476. The van der Waals surface area contributed by atoms with Gasteiger partial charge in [-0.05, 0) is 24.5 Å². The molecule has 1 aromatic heterocycles.